The number of likely N-dealkylation sites (tertiary alicyclic amines) is 1. The highest BCUT2D eigenvalue weighted by atomic mass is 35.5. The summed E-state index contributed by atoms with van der Waals surface area (Å²) in [5.74, 6) is 0.335. The molecule has 27 heavy (non-hydrogen) atoms. The van der Waals surface area contributed by atoms with Crippen LogP contribution in [-0.2, 0) is 4.79 Å². The highest BCUT2D eigenvalue weighted by molar-refractivity contribution is 6.30. The number of aliphatic carboxylic acids is 1. The lowest BCUT2D eigenvalue weighted by Gasteiger charge is -2.38. The van der Waals surface area contributed by atoms with Gasteiger partial charge in [0.1, 0.15) is 11.5 Å². The van der Waals surface area contributed by atoms with E-state index in [1.165, 1.54) is 0 Å². The van der Waals surface area contributed by atoms with Gasteiger partial charge in [0, 0.05) is 17.1 Å². The molecule has 0 bridgehead atoms. The second-order valence-electron chi connectivity index (χ2n) is 6.74. The van der Waals surface area contributed by atoms with Gasteiger partial charge in [0.2, 0.25) is 0 Å². The van der Waals surface area contributed by atoms with Crippen molar-refractivity contribution in [3.8, 4) is 11.5 Å². The van der Waals surface area contributed by atoms with Gasteiger partial charge >= 0.3 is 5.97 Å². The van der Waals surface area contributed by atoms with Gasteiger partial charge in [-0.3, -0.25) is 9.69 Å². The lowest BCUT2D eigenvalue weighted by Crippen LogP contribution is -2.41. The average Bonchev–Trinajstić information content (AvgIpc) is 2.68. The first-order valence-electron chi connectivity index (χ1n) is 8.97. The van der Waals surface area contributed by atoms with Crippen molar-refractivity contribution >= 4 is 17.6 Å². The molecule has 144 valence electrons. The van der Waals surface area contributed by atoms with Gasteiger partial charge in [-0.2, -0.15) is 0 Å². The molecule has 1 heterocycles. The number of benzene rings is 2. The van der Waals surface area contributed by atoms with Crippen LogP contribution in [0.1, 0.15) is 30.0 Å². The Kier molecular flexibility index (Phi) is 6.24. The van der Waals surface area contributed by atoms with Crippen LogP contribution in [0.4, 0.5) is 0 Å². The van der Waals surface area contributed by atoms with Gasteiger partial charge in [0.05, 0.1) is 26.2 Å². The molecule has 0 aliphatic carbocycles. The summed E-state index contributed by atoms with van der Waals surface area (Å²) in [6, 6.07) is 13.2. The van der Waals surface area contributed by atoms with Crippen LogP contribution in [0.15, 0.2) is 42.5 Å². The van der Waals surface area contributed by atoms with Crippen LogP contribution in [0, 0.1) is 5.92 Å². The Morgan fingerprint density at radius 1 is 1.22 bits per heavy atom. The molecule has 2 aromatic carbocycles. The highest BCUT2D eigenvalue weighted by Crippen LogP contribution is 2.39. The second kappa shape index (κ2) is 8.63. The van der Waals surface area contributed by atoms with E-state index >= 15 is 0 Å². The van der Waals surface area contributed by atoms with E-state index in [1.54, 1.807) is 14.2 Å². The number of carboxylic acids is 1. The van der Waals surface area contributed by atoms with E-state index in [-0.39, 0.29) is 12.0 Å². The first kappa shape index (κ1) is 19.5. The molecule has 0 amide bonds. The first-order chi connectivity index (χ1) is 13.0. The molecule has 1 aliphatic rings. The van der Waals surface area contributed by atoms with Crippen molar-refractivity contribution in [3.63, 3.8) is 0 Å². The molecule has 1 aliphatic heterocycles. The number of hydrogen-bond acceptors (Lipinski definition) is 4. The van der Waals surface area contributed by atoms with Gasteiger partial charge in [0.15, 0.2) is 0 Å². The minimum absolute atomic E-state index is 0.170. The molecular formula is C21H24ClNO4. The van der Waals surface area contributed by atoms with E-state index in [0.29, 0.717) is 18.0 Å². The smallest absolute Gasteiger partial charge is 0.307 e. The number of carboxylic acid groups (broad SMARTS) is 1. The lowest BCUT2D eigenvalue weighted by molar-refractivity contribution is -0.143. The lowest BCUT2D eigenvalue weighted by atomic mass is 9.91. The summed E-state index contributed by atoms with van der Waals surface area (Å²) in [6.45, 7) is 1.29. The van der Waals surface area contributed by atoms with Gasteiger partial charge < -0.3 is 14.6 Å². The molecule has 0 saturated carbocycles. The number of carbonyl (C=O) groups is 1. The zero-order chi connectivity index (χ0) is 19.4. The van der Waals surface area contributed by atoms with Crippen LogP contribution < -0.4 is 9.47 Å². The van der Waals surface area contributed by atoms with Crippen molar-refractivity contribution in [1.82, 2.24) is 4.90 Å². The van der Waals surface area contributed by atoms with E-state index < -0.39 is 5.97 Å². The van der Waals surface area contributed by atoms with Crippen molar-refractivity contribution < 1.29 is 19.4 Å². The second-order valence-corrected chi connectivity index (χ2v) is 7.17. The van der Waals surface area contributed by atoms with Gasteiger partial charge in [0.25, 0.3) is 0 Å². The average molecular weight is 390 g/mol. The standard InChI is InChI=1S/C21H24ClNO4/c1-26-17-8-9-19(27-2)18(12-17)20(14-5-3-7-16(22)11-14)23-10-4-6-15(13-23)21(24)25/h3,5,7-9,11-12,15,20H,4,6,10,13H2,1-2H3,(H,24,25). The summed E-state index contributed by atoms with van der Waals surface area (Å²) in [5, 5.41) is 10.2. The van der Waals surface area contributed by atoms with E-state index in [0.717, 1.165) is 35.6 Å². The molecule has 0 aromatic heterocycles. The molecule has 3 rings (SSSR count). The topological polar surface area (TPSA) is 59.0 Å². The van der Waals surface area contributed by atoms with E-state index in [2.05, 4.69) is 4.90 Å². The molecule has 0 spiro atoms. The Morgan fingerprint density at radius 2 is 2.04 bits per heavy atom. The molecule has 5 nitrogen and oxygen atoms in total. The van der Waals surface area contributed by atoms with Crippen molar-refractivity contribution in [1.29, 1.82) is 0 Å². The molecule has 1 fully saturated rings. The molecule has 2 atom stereocenters. The predicted octanol–water partition coefficient (Wildman–Crippen LogP) is 4.24. The van der Waals surface area contributed by atoms with E-state index in [1.807, 2.05) is 42.5 Å². The third kappa shape index (κ3) is 4.37. The summed E-state index contributed by atoms with van der Waals surface area (Å²) in [6.07, 6.45) is 1.53. The maximum absolute atomic E-state index is 11.6. The summed E-state index contributed by atoms with van der Waals surface area (Å²) in [4.78, 5) is 13.8. The normalized spacial score (nSPS) is 18.7. The largest absolute Gasteiger partial charge is 0.497 e. The first-order valence-corrected chi connectivity index (χ1v) is 9.35. The Bertz CT molecular complexity index is 811. The minimum atomic E-state index is -0.748. The molecule has 0 radical (unpaired) electrons. The summed E-state index contributed by atoms with van der Waals surface area (Å²) in [7, 11) is 3.26. The maximum atomic E-state index is 11.6. The monoisotopic (exact) mass is 389 g/mol. The number of nitrogens with zero attached hydrogens (tertiary/aromatic N) is 1. The van der Waals surface area contributed by atoms with Crippen LogP contribution in [-0.4, -0.2) is 43.3 Å². The number of hydrogen-bond donors (Lipinski definition) is 1. The number of methoxy groups -OCH3 is 2. The molecule has 2 aromatic rings. The molecule has 2 unspecified atom stereocenters. The fourth-order valence-electron chi connectivity index (χ4n) is 3.76. The summed E-state index contributed by atoms with van der Waals surface area (Å²) in [5.41, 5.74) is 1.94. The molecule has 1 saturated heterocycles. The third-order valence-electron chi connectivity index (χ3n) is 5.06. The van der Waals surface area contributed by atoms with Crippen molar-refractivity contribution in [2.45, 2.75) is 18.9 Å². The zero-order valence-corrected chi connectivity index (χ0v) is 16.3. The molecular weight excluding hydrogens is 366 g/mol. The van der Waals surface area contributed by atoms with Gasteiger partial charge in [-0.1, -0.05) is 23.7 Å². The van der Waals surface area contributed by atoms with Crippen molar-refractivity contribution in [3.05, 3.63) is 58.6 Å². The predicted molar refractivity (Wildman–Crippen MR) is 105 cm³/mol. The van der Waals surface area contributed by atoms with Crippen LogP contribution in [0.5, 0.6) is 11.5 Å². The van der Waals surface area contributed by atoms with Crippen LogP contribution in [0.25, 0.3) is 0 Å². The number of halogens is 1. The maximum Gasteiger partial charge on any atom is 0.307 e. The van der Waals surface area contributed by atoms with Crippen LogP contribution in [0.2, 0.25) is 5.02 Å². The highest BCUT2D eigenvalue weighted by Gasteiger charge is 2.33. The number of ether oxygens (including phenoxy) is 2. The molecule has 6 heteroatoms. The quantitative estimate of drug-likeness (QED) is 0.800. The molecule has 1 N–H and O–H groups in total. The fourth-order valence-corrected chi connectivity index (χ4v) is 3.96. The van der Waals surface area contributed by atoms with Gasteiger partial charge in [-0.05, 0) is 55.3 Å². The van der Waals surface area contributed by atoms with Crippen molar-refractivity contribution in [2.24, 2.45) is 5.92 Å². The van der Waals surface area contributed by atoms with E-state index in [9.17, 15) is 9.90 Å². The fraction of sp³-hybridized carbons (Fsp3) is 0.381. The van der Waals surface area contributed by atoms with E-state index in [4.69, 9.17) is 21.1 Å². The third-order valence-corrected chi connectivity index (χ3v) is 5.30. The number of rotatable bonds is 6. The van der Waals surface area contributed by atoms with Crippen LogP contribution >= 0.6 is 11.6 Å². The Morgan fingerprint density at radius 3 is 2.70 bits per heavy atom. The summed E-state index contributed by atoms with van der Waals surface area (Å²) >= 11 is 6.26. The minimum Gasteiger partial charge on any atom is -0.497 e. The summed E-state index contributed by atoms with van der Waals surface area (Å²) < 4.78 is 11.0. The van der Waals surface area contributed by atoms with Crippen LogP contribution in [0.3, 0.4) is 0 Å². The Hall–Kier alpha value is -2.24. The zero-order valence-electron chi connectivity index (χ0n) is 15.5. The van der Waals surface area contributed by atoms with Gasteiger partial charge in [-0.25, -0.2) is 0 Å². The number of piperidine rings is 1. The van der Waals surface area contributed by atoms with Gasteiger partial charge in [-0.15, -0.1) is 0 Å². The van der Waals surface area contributed by atoms with Crippen molar-refractivity contribution in [2.75, 3.05) is 27.3 Å². The Balaban J connectivity index is 2.09. The SMILES string of the molecule is COc1ccc(OC)c(C(c2cccc(Cl)c2)N2CCCC(C(=O)O)C2)c1. The Labute approximate surface area is 164 Å².